The first-order valence-electron chi connectivity index (χ1n) is 9.21. The maximum atomic E-state index is 12.6. The van der Waals surface area contributed by atoms with Gasteiger partial charge in [-0.2, -0.15) is 5.10 Å². The van der Waals surface area contributed by atoms with E-state index in [0.29, 0.717) is 44.7 Å². The number of carbonyl (C=O) groups is 1. The molecule has 0 aliphatic rings. The number of benzene rings is 2. The van der Waals surface area contributed by atoms with E-state index in [0.717, 1.165) is 11.1 Å². The van der Waals surface area contributed by atoms with Crippen molar-refractivity contribution in [1.29, 1.82) is 0 Å². The highest BCUT2D eigenvalue weighted by Crippen LogP contribution is 2.24. The standard InChI is InChI=1S/C22H16Cl3N3O2S/c23-16-5-7-17(8-6-16)30-12-14-9-20(31-13-14)22(29)26-21-19(25)11-28(27-21)10-15-3-1-2-4-18(15)24/h1-9,11,13H,10,12H2,(H,26,27,29). The highest BCUT2D eigenvalue weighted by atomic mass is 35.5. The smallest absolute Gasteiger partial charge is 0.266 e. The molecule has 0 aliphatic heterocycles. The lowest BCUT2D eigenvalue weighted by Crippen LogP contribution is -2.11. The lowest BCUT2D eigenvalue weighted by atomic mass is 10.2. The van der Waals surface area contributed by atoms with Crippen LogP contribution >= 0.6 is 46.1 Å². The summed E-state index contributed by atoms with van der Waals surface area (Å²) < 4.78 is 7.35. The number of amides is 1. The maximum absolute atomic E-state index is 12.6. The molecule has 31 heavy (non-hydrogen) atoms. The van der Waals surface area contributed by atoms with E-state index in [-0.39, 0.29) is 5.91 Å². The number of carbonyl (C=O) groups excluding carboxylic acids is 1. The molecule has 0 radical (unpaired) electrons. The van der Waals surface area contributed by atoms with Gasteiger partial charge in [-0.15, -0.1) is 11.3 Å². The molecule has 4 aromatic rings. The van der Waals surface area contributed by atoms with Crippen LogP contribution in [-0.4, -0.2) is 15.7 Å². The van der Waals surface area contributed by atoms with E-state index in [1.165, 1.54) is 11.3 Å². The van der Waals surface area contributed by atoms with Gasteiger partial charge in [0.05, 0.1) is 11.4 Å². The molecular formula is C22H16Cl3N3O2S. The molecule has 1 amide bonds. The Hall–Kier alpha value is -2.51. The minimum absolute atomic E-state index is 0.285. The van der Waals surface area contributed by atoms with Crippen LogP contribution in [0, 0.1) is 0 Å². The summed E-state index contributed by atoms with van der Waals surface area (Å²) in [4.78, 5) is 13.2. The molecule has 9 heteroatoms. The molecule has 4 rings (SSSR count). The van der Waals surface area contributed by atoms with E-state index in [1.54, 1.807) is 41.2 Å². The van der Waals surface area contributed by atoms with E-state index in [1.807, 2.05) is 29.6 Å². The zero-order valence-electron chi connectivity index (χ0n) is 16.0. The SMILES string of the molecule is O=C(Nc1nn(Cc2ccccc2Cl)cc1Cl)c1cc(COc2ccc(Cl)cc2)cs1. The summed E-state index contributed by atoms with van der Waals surface area (Å²) in [7, 11) is 0. The first-order valence-corrected chi connectivity index (χ1v) is 11.2. The maximum Gasteiger partial charge on any atom is 0.266 e. The Balaban J connectivity index is 1.38. The predicted molar refractivity (Wildman–Crippen MR) is 126 cm³/mol. The van der Waals surface area contributed by atoms with E-state index in [4.69, 9.17) is 39.5 Å². The van der Waals surface area contributed by atoms with Crippen molar-refractivity contribution in [2.45, 2.75) is 13.2 Å². The molecule has 0 spiro atoms. The lowest BCUT2D eigenvalue weighted by molar-refractivity contribution is 0.103. The minimum Gasteiger partial charge on any atom is -0.489 e. The molecule has 2 aromatic heterocycles. The van der Waals surface area contributed by atoms with Crippen molar-refractivity contribution in [2.24, 2.45) is 0 Å². The molecule has 5 nitrogen and oxygen atoms in total. The fourth-order valence-corrected chi connectivity index (χ4v) is 4.11. The number of hydrogen-bond acceptors (Lipinski definition) is 4. The van der Waals surface area contributed by atoms with Crippen molar-refractivity contribution in [3.8, 4) is 5.75 Å². The van der Waals surface area contributed by atoms with Crippen LogP contribution in [0.4, 0.5) is 5.82 Å². The second-order valence-corrected chi connectivity index (χ2v) is 8.79. The Kier molecular flexibility index (Phi) is 6.83. The monoisotopic (exact) mass is 491 g/mol. The zero-order chi connectivity index (χ0) is 21.8. The molecule has 2 heterocycles. The first kappa shape index (κ1) is 21.7. The van der Waals surface area contributed by atoms with E-state index in [2.05, 4.69) is 10.4 Å². The predicted octanol–water partition coefficient (Wildman–Crippen LogP) is 6.78. The second kappa shape index (κ2) is 9.75. The zero-order valence-corrected chi connectivity index (χ0v) is 19.1. The van der Waals surface area contributed by atoms with Crippen LogP contribution in [-0.2, 0) is 13.2 Å². The van der Waals surface area contributed by atoms with Crippen LogP contribution in [0.1, 0.15) is 20.8 Å². The summed E-state index contributed by atoms with van der Waals surface area (Å²) in [5, 5.41) is 10.6. The molecule has 0 saturated heterocycles. The van der Waals surface area contributed by atoms with E-state index in [9.17, 15) is 4.79 Å². The Bertz CT molecular complexity index is 1200. The normalized spacial score (nSPS) is 10.8. The Morgan fingerprint density at radius 1 is 1.06 bits per heavy atom. The number of halogens is 3. The van der Waals surface area contributed by atoms with Gasteiger partial charge in [-0.25, -0.2) is 0 Å². The van der Waals surface area contributed by atoms with Gasteiger partial charge in [0.25, 0.3) is 5.91 Å². The molecule has 1 N–H and O–H groups in total. The van der Waals surface area contributed by atoms with Crippen LogP contribution in [0.15, 0.2) is 66.2 Å². The molecule has 0 atom stereocenters. The van der Waals surface area contributed by atoms with Gasteiger partial charge in [-0.3, -0.25) is 9.48 Å². The summed E-state index contributed by atoms with van der Waals surface area (Å²) in [6.07, 6.45) is 1.65. The van der Waals surface area contributed by atoms with Crippen LogP contribution in [0.2, 0.25) is 15.1 Å². The van der Waals surface area contributed by atoms with Crippen molar-refractivity contribution in [2.75, 3.05) is 5.32 Å². The van der Waals surface area contributed by atoms with Crippen LogP contribution in [0.25, 0.3) is 0 Å². The van der Waals surface area contributed by atoms with Crippen molar-refractivity contribution in [1.82, 2.24) is 9.78 Å². The Morgan fingerprint density at radius 3 is 2.61 bits per heavy atom. The molecule has 0 bridgehead atoms. The van der Waals surface area contributed by atoms with Gasteiger partial charge in [-0.1, -0.05) is 53.0 Å². The molecule has 0 unspecified atom stereocenters. The quantitative estimate of drug-likeness (QED) is 0.309. The van der Waals surface area contributed by atoms with Crippen molar-refractivity contribution < 1.29 is 9.53 Å². The molecule has 0 saturated carbocycles. The topological polar surface area (TPSA) is 56.2 Å². The number of anilines is 1. The lowest BCUT2D eigenvalue weighted by Gasteiger charge is -2.04. The number of nitrogens with one attached hydrogen (secondary N) is 1. The molecule has 2 aromatic carbocycles. The van der Waals surface area contributed by atoms with Gasteiger partial charge in [0.15, 0.2) is 5.82 Å². The number of hydrogen-bond donors (Lipinski definition) is 1. The average molecular weight is 493 g/mol. The number of ether oxygens (including phenoxy) is 1. The molecular weight excluding hydrogens is 477 g/mol. The van der Waals surface area contributed by atoms with Gasteiger partial charge in [-0.05, 0) is 47.3 Å². The van der Waals surface area contributed by atoms with Crippen molar-refractivity contribution in [3.63, 3.8) is 0 Å². The fraction of sp³-hybridized carbons (Fsp3) is 0.0909. The Labute approximate surface area is 198 Å². The summed E-state index contributed by atoms with van der Waals surface area (Å²) in [5.74, 6) is 0.719. The minimum atomic E-state index is -0.285. The van der Waals surface area contributed by atoms with Gasteiger partial charge < -0.3 is 10.1 Å². The third kappa shape index (κ3) is 5.60. The number of aromatic nitrogens is 2. The second-order valence-electron chi connectivity index (χ2n) is 6.63. The van der Waals surface area contributed by atoms with Crippen molar-refractivity contribution >= 4 is 57.9 Å². The Morgan fingerprint density at radius 2 is 1.84 bits per heavy atom. The highest BCUT2D eigenvalue weighted by Gasteiger charge is 2.15. The fourth-order valence-electron chi connectivity index (χ4n) is 2.80. The summed E-state index contributed by atoms with van der Waals surface area (Å²) >= 11 is 19.7. The van der Waals surface area contributed by atoms with E-state index < -0.39 is 0 Å². The van der Waals surface area contributed by atoms with Crippen LogP contribution < -0.4 is 10.1 Å². The number of rotatable bonds is 7. The largest absolute Gasteiger partial charge is 0.489 e. The highest BCUT2D eigenvalue weighted by molar-refractivity contribution is 7.12. The van der Waals surface area contributed by atoms with Gasteiger partial charge in [0, 0.05) is 21.8 Å². The first-order chi connectivity index (χ1) is 15.0. The molecule has 158 valence electrons. The summed E-state index contributed by atoms with van der Waals surface area (Å²) in [6, 6.07) is 16.4. The third-order valence-corrected chi connectivity index (χ3v) is 6.21. The summed E-state index contributed by atoms with van der Waals surface area (Å²) in [5.41, 5.74) is 1.80. The van der Waals surface area contributed by atoms with E-state index >= 15 is 0 Å². The van der Waals surface area contributed by atoms with Gasteiger partial charge in [0.2, 0.25) is 0 Å². The van der Waals surface area contributed by atoms with Gasteiger partial charge >= 0.3 is 0 Å². The third-order valence-electron chi connectivity index (χ3n) is 4.34. The number of nitrogens with zero attached hydrogens (tertiary/aromatic N) is 2. The number of thiophene rings is 1. The molecule has 0 fully saturated rings. The summed E-state index contributed by atoms with van der Waals surface area (Å²) in [6.45, 7) is 0.791. The van der Waals surface area contributed by atoms with Gasteiger partial charge in [0.1, 0.15) is 17.4 Å². The molecule has 0 aliphatic carbocycles. The van der Waals surface area contributed by atoms with Crippen molar-refractivity contribution in [3.05, 3.63) is 97.2 Å². The average Bonchev–Trinajstić information content (AvgIpc) is 3.36. The van der Waals surface area contributed by atoms with Crippen LogP contribution in [0.3, 0.4) is 0 Å². The van der Waals surface area contributed by atoms with Crippen LogP contribution in [0.5, 0.6) is 5.75 Å².